The van der Waals surface area contributed by atoms with Gasteiger partial charge in [-0.2, -0.15) is 5.10 Å². The molecule has 0 saturated carbocycles. The van der Waals surface area contributed by atoms with Crippen LogP contribution in [0.2, 0.25) is 0 Å². The fourth-order valence-corrected chi connectivity index (χ4v) is 3.30. The summed E-state index contributed by atoms with van der Waals surface area (Å²) in [4.78, 5) is 2.59. The van der Waals surface area contributed by atoms with Crippen molar-refractivity contribution < 1.29 is 0 Å². The summed E-state index contributed by atoms with van der Waals surface area (Å²) in [7, 11) is 2.04. The Balaban J connectivity index is 1.86. The topological polar surface area (TPSA) is 33.1 Å². The van der Waals surface area contributed by atoms with Gasteiger partial charge in [0, 0.05) is 37.6 Å². The fourth-order valence-electron chi connectivity index (χ4n) is 3.30. The monoisotopic (exact) mass is 286 g/mol. The minimum atomic E-state index is 0.602. The van der Waals surface area contributed by atoms with Crippen LogP contribution in [-0.4, -0.2) is 39.9 Å². The number of aryl methyl sites for hydroxylation is 1. The smallest absolute Gasteiger partial charge is 0.0843 e. The summed E-state index contributed by atoms with van der Waals surface area (Å²) in [6.07, 6.45) is 2.40. The van der Waals surface area contributed by atoms with E-state index in [0.29, 0.717) is 12.1 Å². The molecule has 1 aromatic carbocycles. The van der Waals surface area contributed by atoms with Crippen LogP contribution in [0.3, 0.4) is 0 Å². The molecule has 21 heavy (non-hydrogen) atoms. The summed E-state index contributed by atoms with van der Waals surface area (Å²) in [5.41, 5.74) is 2.43. The van der Waals surface area contributed by atoms with E-state index in [2.05, 4.69) is 48.3 Å². The van der Waals surface area contributed by atoms with Crippen LogP contribution < -0.4 is 5.32 Å². The molecule has 1 fully saturated rings. The number of rotatable bonds is 3. The molecular formula is C17H26N4. The first-order chi connectivity index (χ1) is 10.2. The zero-order valence-electron chi connectivity index (χ0n) is 13.3. The van der Waals surface area contributed by atoms with Gasteiger partial charge in [-0.3, -0.25) is 9.58 Å². The van der Waals surface area contributed by atoms with Gasteiger partial charge in [-0.25, -0.2) is 0 Å². The first-order valence-corrected chi connectivity index (χ1v) is 8.07. The molecule has 0 radical (unpaired) electrons. The lowest BCUT2D eigenvalue weighted by Gasteiger charge is -2.28. The Kier molecular flexibility index (Phi) is 4.27. The van der Waals surface area contributed by atoms with Crippen LogP contribution in [-0.2, 0) is 13.6 Å². The number of nitrogens with zero attached hydrogens (tertiary/aromatic N) is 3. The quantitative estimate of drug-likeness (QED) is 0.941. The Hall–Kier alpha value is -1.39. The Labute approximate surface area is 127 Å². The number of aromatic nitrogens is 2. The summed E-state index contributed by atoms with van der Waals surface area (Å²) in [6.45, 7) is 7.79. The number of hydrogen-bond donors (Lipinski definition) is 1. The van der Waals surface area contributed by atoms with Gasteiger partial charge in [0.05, 0.1) is 11.2 Å². The van der Waals surface area contributed by atoms with E-state index in [1.807, 2.05) is 11.7 Å². The molecule has 114 valence electrons. The maximum Gasteiger partial charge on any atom is 0.0843 e. The molecule has 0 spiro atoms. The van der Waals surface area contributed by atoms with Crippen LogP contribution in [0, 0.1) is 0 Å². The molecule has 2 aromatic rings. The molecule has 0 amide bonds. The summed E-state index contributed by atoms with van der Waals surface area (Å²) in [5.74, 6) is 0. The van der Waals surface area contributed by atoms with Crippen LogP contribution in [0.5, 0.6) is 0 Å². The van der Waals surface area contributed by atoms with E-state index in [0.717, 1.165) is 19.6 Å². The zero-order chi connectivity index (χ0) is 14.8. The van der Waals surface area contributed by atoms with Crippen LogP contribution in [0.1, 0.15) is 32.4 Å². The molecule has 4 heteroatoms. The minimum absolute atomic E-state index is 0.602. The molecule has 1 N–H and O–H groups in total. The van der Waals surface area contributed by atoms with Gasteiger partial charge in [-0.15, -0.1) is 0 Å². The van der Waals surface area contributed by atoms with Crippen molar-refractivity contribution in [3.8, 4) is 0 Å². The highest BCUT2D eigenvalue weighted by Crippen LogP contribution is 2.21. The minimum Gasteiger partial charge on any atom is -0.313 e. The Morgan fingerprint density at radius 1 is 1.33 bits per heavy atom. The number of fused-ring (bicyclic) bond motifs is 1. The molecule has 0 bridgehead atoms. The fraction of sp³-hybridized carbons (Fsp3) is 0.588. The van der Waals surface area contributed by atoms with E-state index >= 15 is 0 Å². The molecule has 1 aliphatic heterocycles. The molecule has 3 rings (SSSR count). The van der Waals surface area contributed by atoms with Gasteiger partial charge < -0.3 is 5.32 Å². The maximum atomic E-state index is 4.75. The van der Waals surface area contributed by atoms with Crippen molar-refractivity contribution in [2.24, 2.45) is 7.05 Å². The lowest BCUT2D eigenvalue weighted by Crippen LogP contribution is -2.39. The van der Waals surface area contributed by atoms with Crippen molar-refractivity contribution in [3.63, 3.8) is 0 Å². The van der Waals surface area contributed by atoms with Crippen LogP contribution in [0.4, 0.5) is 0 Å². The van der Waals surface area contributed by atoms with Crippen molar-refractivity contribution in [3.05, 3.63) is 30.0 Å². The Bertz CT molecular complexity index is 604. The highest BCUT2D eigenvalue weighted by Gasteiger charge is 2.23. The number of nitrogens with one attached hydrogen (secondary N) is 1. The van der Waals surface area contributed by atoms with Gasteiger partial charge in [0.15, 0.2) is 0 Å². The summed E-state index contributed by atoms with van der Waals surface area (Å²) in [6, 6.07) is 9.73. The lowest BCUT2D eigenvalue weighted by molar-refractivity contribution is 0.192. The van der Waals surface area contributed by atoms with Crippen molar-refractivity contribution in [1.29, 1.82) is 0 Å². The SMILES string of the molecule is CCC1CN(Cc2nn(C)c3ccccc23)C(C)CCN1. The zero-order valence-corrected chi connectivity index (χ0v) is 13.3. The summed E-state index contributed by atoms with van der Waals surface area (Å²) >= 11 is 0. The first-order valence-electron chi connectivity index (χ1n) is 8.07. The average Bonchev–Trinajstić information content (AvgIpc) is 2.70. The van der Waals surface area contributed by atoms with Crippen molar-refractivity contribution in [2.45, 2.75) is 45.3 Å². The largest absolute Gasteiger partial charge is 0.313 e. The third kappa shape index (κ3) is 2.97. The van der Waals surface area contributed by atoms with Gasteiger partial charge in [0.1, 0.15) is 0 Å². The highest BCUT2D eigenvalue weighted by molar-refractivity contribution is 5.81. The molecule has 1 aliphatic rings. The molecule has 0 aliphatic carbocycles. The second-order valence-electron chi connectivity index (χ2n) is 6.21. The second kappa shape index (κ2) is 6.16. The van der Waals surface area contributed by atoms with E-state index in [9.17, 15) is 0 Å². The van der Waals surface area contributed by atoms with Crippen molar-refractivity contribution >= 4 is 10.9 Å². The third-order valence-corrected chi connectivity index (χ3v) is 4.75. The molecular weight excluding hydrogens is 260 g/mol. The molecule has 2 atom stereocenters. The van der Waals surface area contributed by atoms with E-state index < -0.39 is 0 Å². The van der Waals surface area contributed by atoms with E-state index in [1.165, 1.54) is 29.4 Å². The molecule has 1 saturated heterocycles. The van der Waals surface area contributed by atoms with Gasteiger partial charge in [0.2, 0.25) is 0 Å². The number of hydrogen-bond acceptors (Lipinski definition) is 3. The maximum absolute atomic E-state index is 4.75. The second-order valence-corrected chi connectivity index (χ2v) is 6.21. The Morgan fingerprint density at radius 3 is 2.95 bits per heavy atom. The molecule has 1 aromatic heterocycles. The van der Waals surface area contributed by atoms with E-state index in [1.54, 1.807) is 0 Å². The van der Waals surface area contributed by atoms with E-state index in [4.69, 9.17) is 5.10 Å². The van der Waals surface area contributed by atoms with Gasteiger partial charge in [-0.05, 0) is 32.4 Å². The predicted octanol–water partition coefficient (Wildman–Crippen LogP) is 2.54. The van der Waals surface area contributed by atoms with Gasteiger partial charge in [0.25, 0.3) is 0 Å². The number of benzene rings is 1. The summed E-state index contributed by atoms with van der Waals surface area (Å²) < 4.78 is 2.00. The highest BCUT2D eigenvalue weighted by atomic mass is 15.3. The molecule has 4 nitrogen and oxygen atoms in total. The normalized spacial score (nSPS) is 24.3. The summed E-state index contributed by atoms with van der Waals surface area (Å²) in [5, 5.41) is 9.70. The average molecular weight is 286 g/mol. The van der Waals surface area contributed by atoms with Crippen molar-refractivity contribution in [1.82, 2.24) is 20.0 Å². The molecule has 2 heterocycles. The van der Waals surface area contributed by atoms with Gasteiger partial charge in [-0.1, -0.05) is 25.1 Å². The van der Waals surface area contributed by atoms with Crippen LogP contribution in [0.15, 0.2) is 24.3 Å². The van der Waals surface area contributed by atoms with Crippen molar-refractivity contribution in [2.75, 3.05) is 13.1 Å². The lowest BCUT2D eigenvalue weighted by atomic mass is 10.1. The van der Waals surface area contributed by atoms with Crippen LogP contribution >= 0.6 is 0 Å². The standard InChI is InChI=1S/C17H26N4/c1-4-14-11-21(13(2)9-10-18-14)12-16-15-7-5-6-8-17(15)20(3)19-16/h5-8,13-14,18H,4,9-12H2,1-3H3. The van der Waals surface area contributed by atoms with Gasteiger partial charge >= 0.3 is 0 Å². The Morgan fingerprint density at radius 2 is 2.14 bits per heavy atom. The van der Waals surface area contributed by atoms with E-state index in [-0.39, 0.29) is 0 Å². The van der Waals surface area contributed by atoms with Crippen LogP contribution in [0.25, 0.3) is 10.9 Å². The first kappa shape index (κ1) is 14.5. The number of para-hydroxylation sites is 1. The molecule has 2 unspecified atom stereocenters. The third-order valence-electron chi connectivity index (χ3n) is 4.75. The predicted molar refractivity (Wildman–Crippen MR) is 87.3 cm³/mol.